The van der Waals surface area contributed by atoms with Crippen molar-refractivity contribution in [2.24, 2.45) is 0 Å². The van der Waals surface area contributed by atoms with Gasteiger partial charge in [-0.3, -0.25) is 0 Å². The molecule has 2 aromatic rings. The zero-order valence-electron chi connectivity index (χ0n) is 16.4. The highest BCUT2D eigenvalue weighted by Crippen LogP contribution is 2.40. The largest absolute Gasteiger partial charge is 0.573 e. The van der Waals surface area contributed by atoms with E-state index in [0.717, 1.165) is 0 Å². The van der Waals surface area contributed by atoms with Crippen molar-refractivity contribution in [3.05, 3.63) is 36.4 Å². The maximum absolute atomic E-state index is 12.5. The molecule has 0 unspecified atom stereocenters. The Bertz CT molecular complexity index is 990. The molecule has 2 aromatic carbocycles. The predicted molar refractivity (Wildman–Crippen MR) is 86.3 cm³/mol. The summed E-state index contributed by atoms with van der Waals surface area (Å²) in [6.45, 7) is 0. The van der Waals surface area contributed by atoms with Crippen LogP contribution in [0.15, 0.2) is 36.4 Å². The van der Waals surface area contributed by atoms with Crippen molar-refractivity contribution in [1.29, 1.82) is 0 Å². The Balaban J connectivity index is 2.25. The molecule has 200 valence electrons. The number of hydrogen-bond donors (Lipinski definition) is 0. The Morgan fingerprint density at radius 2 is 0.750 bits per heavy atom. The fourth-order valence-electron chi connectivity index (χ4n) is 2.14. The number of carbonyl (C=O) groups is 1. The van der Waals surface area contributed by atoms with Crippen LogP contribution in [-0.4, -0.2) is 31.6 Å². The summed E-state index contributed by atoms with van der Waals surface area (Å²) in [6, 6.07) is 1.74. The molecule has 0 aliphatic heterocycles. The molecule has 0 atom stereocenters. The van der Waals surface area contributed by atoms with E-state index in [1.165, 1.54) is 0 Å². The van der Waals surface area contributed by atoms with Crippen LogP contribution in [0, 0.1) is 0 Å². The third kappa shape index (κ3) is 10.1. The van der Waals surface area contributed by atoms with Crippen LogP contribution in [0.5, 0.6) is 34.5 Å². The van der Waals surface area contributed by atoms with Gasteiger partial charge in [-0.25, -0.2) is 4.79 Å². The monoisotopic (exact) mass is 550 g/mol. The summed E-state index contributed by atoms with van der Waals surface area (Å²) in [5, 5.41) is 0. The number of benzene rings is 2. The average Bonchev–Trinajstić information content (AvgIpc) is 2.61. The van der Waals surface area contributed by atoms with Gasteiger partial charge in [0.25, 0.3) is 0 Å². The Kier molecular flexibility index (Phi) is 7.84. The molecule has 0 saturated carbocycles. The van der Waals surface area contributed by atoms with E-state index in [1.54, 1.807) is 0 Å². The smallest absolute Gasteiger partial charge is 0.402 e. The lowest BCUT2D eigenvalue weighted by atomic mass is 10.3. The molecule has 36 heavy (non-hydrogen) atoms. The van der Waals surface area contributed by atoms with E-state index in [-0.39, 0.29) is 24.3 Å². The highest BCUT2D eigenvalue weighted by Gasteiger charge is 2.38. The van der Waals surface area contributed by atoms with Crippen molar-refractivity contribution >= 4 is 6.16 Å². The van der Waals surface area contributed by atoms with Crippen LogP contribution in [0.25, 0.3) is 0 Å². The van der Waals surface area contributed by atoms with Crippen molar-refractivity contribution < 1.29 is 85.9 Å². The van der Waals surface area contributed by atoms with Gasteiger partial charge in [0.15, 0.2) is 23.0 Å². The molecule has 19 heteroatoms. The summed E-state index contributed by atoms with van der Waals surface area (Å²) < 4.78 is 171. The predicted octanol–water partition coefficient (Wildman–Crippen LogP) is 6.86. The van der Waals surface area contributed by atoms with Crippen molar-refractivity contribution in [3.8, 4) is 34.5 Å². The van der Waals surface area contributed by atoms with Gasteiger partial charge >= 0.3 is 31.6 Å². The lowest BCUT2D eigenvalue weighted by Crippen LogP contribution is -2.22. The van der Waals surface area contributed by atoms with Crippen LogP contribution in [0.4, 0.5) is 57.5 Å². The van der Waals surface area contributed by atoms with E-state index in [0.29, 0.717) is 12.1 Å². The van der Waals surface area contributed by atoms with Gasteiger partial charge in [0.2, 0.25) is 0 Å². The van der Waals surface area contributed by atoms with E-state index < -0.39 is 66.1 Å². The first-order chi connectivity index (χ1) is 16.2. The summed E-state index contributed by atoms with van der Waals surface area (Å²) in [6.07, 6.45) is -23.8. The summed E-state index contributed by atoms with van der Waals surface area (Å²) in [5.74, 6) is -8.07. The third-order valence-electron chi connectivity index (χ3n) is 3.14. The SMILES string of the molecule is O=C(Oc1ccc(OC(F)(F)F)c(OC(F)(F)F)c1)Oc1ccc(OC(F)(F)F)c(OC(F)(F)F)c1. The van der Waals surface area contributed by atoms with Gasteiger partial charge in [-0.05, 0) is 24.3 Å². The number of rotatable bonds is 6. The average molecular weight is 550 g/mol. The minimum absolute atomic E-state index is 0.119. The molecule has 7 nitrogen and oxygen atoms in total. The summed E-state index contributed by atoms with van der Waals surface area (Å²) in [7, 11) is 0. The van der Waals surface area contributed by atoms with E-state index in [1.807, 2.05) is 0 Å². The van der Waals surface area contributed by atoms with Gasteiger partial charge in [-0.2, -0.15) is 0 Å². The molecule has 0 aliphatic rings. The van der Waals surface area contributed by atoms with E-state index in [9.17, 15) is 57.5 Å². The lowest BCUT2D eigenvalue weighted by molar-refractivity contribution is -0.287. The molecule has 0 radical (unpaired) electrons. The van der Waals surface area contributed by atoms with Gasteiger partial charge in [-0.15, -0.1) is 52.7 Å². The maximum Gasteiger partial charge on any atom is 0.573 e. The Morgan fingerprint density at radius 3 is 1.03 bits per heavy atom. The third-order valence-corrected chi connectivity index (χ3v) is 3.14. The molecule has 0 N–H and O–H groups in total. The second-order valence-corrected chi connectivity index (χ2v) is 5.86. The molecule has 2 rings (SSSR count). The van der Waals surface area contributed by atoms with Gasteiger partial charge in [0, 0.05) is 12.1 Å². The fraction of sp³-hybridized carbons (Fsp3) is 0.235. The number of ether oxygens (including phenoxy) is 6. The quantitative estimate of drug-likeness (QED) is 0.221. The zero-order chi connectivity index (χ0) is 27.5. The number of carbonyl (C=O) groups excluding carboxylic acids is 1. The van der Waals surface area contributed by atoms with Crippen LogP contribution < -0.4 is 28.4 Å². The first-order valence-electron chi connectivity index (χ1n) is 8.40. The maximum atomic E-state index is 12.5. The summed E-state index contributed by atoms with van der Waals surface area (Å²) in [4.78, 5) is 11.8. The standard InChI is InChI=1S/C17H6F12O7/c18-14(19,20)33-9-3-1-7(5-11(9)35-16(24,25)26)31-13(30)32-8-2-4-10(34-15(21,22)23)12(6-8)36-17(27,28)29/h1-6H. The molecule has 0 aromatic heterocycles. The van der Waals surface area contributed by atoms with E-state index in [2.05, 4.69) is 28.4 Å². The van der Waals surface area contributed by atoms with Gasteiger partial charge < -0.3 is 28.4 Å². The second kappa shape index (κ2) is 9.97. The molecule has 0 aliphatic carbocycles. The number of alkyl halides is 12. The van der Waals surface area contributed by atoms with E-state index in [4.69, 9.17) is 0 Å². The highest BCUT2D eigenvalue weighted by atomic mass is 19.4. The first-order valence-corrected chi connectivity index (χ1v) is 8.40. The normalized spacial score (nSPS) is 12.6. The second-order valence-electron chi connectivity index (χ2n) is 5.86. The van der Waals surface area contributed by atoms with Crippen LogP contribution in [0.2, 0.25) is 0 Å². The minimum Gasteiger partial charge on any atom is -0.402 e. The fourth-order valence-corrected chi connectivity index (χ4v) is 2.14. The topological polar surface area (TPSA) is 72.5 Å². The summed E-state index contributed by atoms with van der Waals surface area (Å²) in [5.41, 5.74) is 0. The van der Waals surface area contributed by atoms with Gasteiger partial charge in [0.05, 0.1) is 0 Å². The van der Waals surface area contributed by atoms with Crippen molar-refractivity contribution in [3.63, 3.8) is 0 Å². The first kappa shape index (κ1) is 28.3. The van der Waals surface area contributed by atoms with Crippen LogP contribution >= 0.6 is 0 Å². The van der Waals surface area contributed by atoms with Crippen molar-refractivity contribution in [2.45, 2.75) is 25.4 Å². The van der Waals surface area contributed by atoms with Crippen LogP contribution in [0.3, 0.4) is 0 Å². The highest BCUT2D eigenvalue weighted by molar-refractivity contribution is 5.68. The molecular formula is C17H6F12O7. The van der Waals surface area contributed by atoms with Crippen LogP contribution in [0.1, 0.15) is 0 Å². The van der Waals surface area contributed by atoms with Crippen LogP contribution in [-0.2, 0) is 0 Å². The van der Waals surface area contributed by atoms with Gasteiger partial charge in [-0.1, -0.05) is 0 Å². The molecule has 0 heterocycles. The molecule has 0 amide bonds. The van der Waals surface area contributed by atoms with Crippen molar-refractivity contribution in [2.75, 3.05) is 0 Å². The molecule has 0 spiro atoms. The zero-order valence-corrected chi connectivity index (χ0v) is 16.4. The Hall–Kier alpha value is -3.93. The Morgan fingerprint density at radius 1 is 0.472 bits per heavy atom. The van der Waals surface area contributed by atoms with E-state index >= 15 is 0 Å². The molecule has 0 bridgehead atoms. The molecular weight excluding hydrogens is 544 g/mol. The number of hydrogen-bond acceptors (Lipinski definition) is 7. The Labute approximate surface area is 189 Å². The minimum atomic E-state index is -5.52. The number of halogens is 12. The van der Waals surface area contributed by atoms with Gasteiger partial charge in [0.1, 0.15) is 11.5 Å². The molecule has 0 saturated heterocycles. The lowest BCUT2D eigenvalue weighted by Gasteiger charge is -2.17. The summed E-state index contributed by atoms with van der Waals surface area (Å²) >= 11 is 0. The molecule has 0 fully saturated rings. The van der Waals surface area contributed by atoms with Crippen molar-refractivity contribution in [1.82, 2.24) is 0 Å².